The van der Waals surface area contributed by atoms with E-state index in [1.807, 2.05) is 6.92 Å². The summed E-state index contributed by atoms with van der Waals surface area (Å²) in [5.41, 5.74) is 0.590. The molecule has 0 saturated carbocycles. The number of rotatable bonds is 6. The molecule has 0 radical (unpaired) electrons. The van der Waals surface area contributed by atoms with E-state index in [-0.39, 0.29) is 22.2 Å². The van der Waals surface area contributed by atoms with Crippen molar-refractivity contribution in [3.05, 3.63) is 63.8 Å². The maximum Gasteiger partial charge on any atom is 0.363 e. The first-order valence-electron chi connectivity index (χ1n) is 8.41. The van der Waals surface area contributed by atoms with Gasteiger partial charge in [-0.25, -0.2) is 18.6 Å². The molecule has 5 nitrogen and oxygen atoms in total. The first kappa shape index (κ1) is 19.8. The highest BCUT2D eigenvalue weighted by Gasteiger charge is 2.27. The Hall–Kier alpha value is -2.93. The standard InChI is InChI=1S/C20H16ClF2NO4/c1-3-6-27-17-5-4-11(8-18(17)26-2)7-16-20(25)28-19(24-16)12-9-14(22)15(23)10-13(12)21/h4-5,7-10H,3,6H2,1-2H3/b16-7+. The van der Waals surface area contributed by atoms with Gasteiger partial charge in [-0.1, -0.05) is 24.6 Å². The van der Waals surface area contributed by atoms with Crippen molar-refractivity contribution in [2.45, 2.75) is 13.3 Å². The largest absolute Gasteiger partial charge is 0.493 e. The zero-order valence-corrected chi connectivity index (χ0v) is 15.8. The molecule has 0 bridgehead atoms. The summed E-state index contributed by atoms with van der Waals surface area (Å²) in [6.07, 6.45) is 2.33. The molecule has 0 unspecified atom stereocenters. The van der Waals surface area contributed by atoms with Crippen LogP contribution in [0, 0.1) is 11.6 Å². The second kappa shape index (κ2) is 8.39. The molecule has 0 N–H and O–H groups in total. The van der Waals surface area contributed by atoms with Gasteiger partial charge in [-0.2, -0.15) is 0 Å². The average molecular weight is 408 g/mol. The van der Waals surface area contributed by atoms with Crippen LogP contribution in [0.1, 0.15) is 24.5 Å². The fourth-order valence-corrected chi connectivity index (χ4v) is 2.71. The number of carbonyl (C=O) groups is 1. The quantitative estimate of drug-likeness (QED) is 0.393. The number of halogens is 3. The predicted octanol–water partition coefficient (Wildman–Crippen LogP) is 4.76. The third-order valence-electron chi connectivity index (χ3n) is 3.81. The van der Waals surface area contributed by atoms with Gasteiger partial charge in [0.25, 0.3) is 0 Å². The van der Waals surface area contributed by atoms with Crippen molar-refractivity contribution in [2.24, 2.45) is 4.99 Å². The van der Waals surface area contributed by atoms with E-state index < -0.39 is 17.6 Å². The zero-order valence-electron chi connectivity index (χ0n) is 15.1. The summed E-state index contributed by atoms with van der Waals surface area (Å²) >= 11 is 5.91. The Morgan fingerprint density at radius 3 is 2.64 bits per heavy atom. The fraction of sp³-hybridized carbons (Fsp3) is 0.200. The molecule has 0 saturated heterocycles. The maximum absolute atomic E-state index is 13.5. The summed E-state index contributed by atoms with van der Waals surface area (Å²) < 4.78 is 42.7. The zero-order chi connectivity index (χ0) is 20.3. The van der Waals surface area contributed by atoms with Crippen molar-refractivity contribution in [1.82, 2.24) is 0 Å². The van der Waals surface area contributed by atoms with E-state index in [1.54, 1.807) is 18.2 Å². The number of aliphatic imine (C=N–C) groups is 1. The Bertz CT molecular complexity index is 988. The van der Waals surface area contributed by atoms with Gasteiger partial charge in [-0.3, -0.25) is 0 Å². The Balaban J connectivity index is 1.92. The molecule has 1 aliphatic heterocycles. The third kappa shape index (κ3) is 4.14. The number of esters is 1. The topological polar surface area (TPSA) is 57.1 Å². The van der Waals surface area contributed by atoms with Crippen LogP contribution < -0.4 is 9.47 Å². The number of benzene rings is 2. The Kier molecular flexibility index (Phi) is 5.94. The van der Waals surface area contributed by atoms with Gasteiger partial charge in [0.15, 0.2) is 28.8 Å². The number of cyclic esters (lactones) is 1. The molecule has 0 amide bonds. The molecular weight excluding hydrogens is 392 g/mol. The number of nitrogens with zero attached hydrogens (tertiary/aromatic N) is 1. The molecule has 3 rings (SSSR count). The molecule has 8 heteroatoms. The minimum atomic E-state index is -1.12. The Labute approximate surface area is 165 Å². The first-order chi connectivity index (χ1) is 13.4. The van der Waals surface area contributed by atoms with Gasteiger partial charge in [0, 0.05) is 0 Å². The molecule has 0 fully saturated rings. The van der Waals surface area contributed by atoms with Crippen LogP contribution >= 0.6 is 11.6 Å². The fourth-order valence-electron chi connectivity index (χ4n) is 2.47. The summed E-state index contributed by atoms with van der Waals surface area (Å²) in [7, 11) is 1.51. The van der Waals surface area contributed by atoms with Gasteiger partial charge in [0.05, 0.1) is 24.3 Å². The molecule has 1 aliphatic rings. The van der Waals surface area contributed by atoms with Crippen molar-refractivity contribution in [3.8, 4) is 11.5 Å². The number of ether oxygens (including phenoxy) is 3. The lowest BCUT2D eigenvalue weighted by Crippen LogP contribution is -2.07. The van der Waals surface area contributed by atoms with Crippen LogP contribution in [-0.2, 0) is 9.53 Å². The summed E-state index contributed by atoms with van der Waals surface area (Å²) in [6.45, 7) is 2.54. The number of carbonyl (C=O) groups excluding carboxylic acids is 1. The van der Waals surface area contributed by atoms with E-state index in [4.69, 9.17) is 25.8 Å². The van der Waals surface area contributed by atoms with E-state index in [9.17, 15) is 13.6 Å². The SMILES string of the molecule is CCCOc1ccc(/C=C2/N=C(c3cc(F)c(F)cc3Cl)OC2=O)cc1OC. The van der Waals surface area contributed by atoms with Crippen molar-refractivity contribution in [2.75, 3.05) is 13.7 Å². The van der Waals surface area contributed by atoms with Crippen molar-refractivity contribution < 1.29 is 27.8 Å². The molecule has 1 heterocycles. The Morgan fingerprint density at radius 2 is 1.93 bits per heavy atom. The van der Waals surface area contributed by atoms with E-state index in [0.717, 1.165) is 18.6 Å². The lowest BCUT2D eigenvalue weighted by molar-refractivity contribution is -0.129. The summed E-state index contributed by atoms with van der Waals surface area (Å²) in [5.74, 6) is -2.08. The lowest BCUT2D eigenvalue weighted by Gasteiger charge is -2.10. The first-order valence-corrected chi connectivity index (χ1v) is 8.79. The van der Waals surface area contributed by atoms with Crippen molar-refractivity contribution in [3.63, 3.8) is 0 Å². The van der Waals surface area contributed by atoms with Crippen LogP contribution in [0.3, 0.4) is 0 Å². The Morgan fingerprint density at radius 1 is 1.18 bits per heavy atom. The number of hydrogen-bond donors (Lipinski definition) is 0. The molecule has 2 aromatic rings. The molecule has 0 atom stereocenters. The second-order valence-corrected chi connectivity index (χ2v) is 6.25. The molecule has 28 heavy (non-hydrogen) atoms. The van der Waals surface area contributed by atoms with E-state index >= 15 is 0 Å². The monoisotopic (exact) mass is 407 g/mol. The van der Waals surface area contributed by atoms with Crippen LogP contribution in [0.2, 0.25) is 5.02 Å². The minimum Gasteiger partial charge on any atom is -0.493 e. The molecule has 146 valence electrons. The van der Waals surface area contributed by atoms with Gasteiger partial charge in [-0.05, 0) is 42.3 Å². The maximum atomic E-state index is 13.5. The van der Waals surface area contributed by atoms with E-state index in [2.05, 4.69) is 4.99 Å². The number of methoxy groups -OCH3 is 1. The molecule has 0 aromatic heterocycles. The van der Waals surface area contributed by atoms with E-state index in [1.165, 1.54) is 13.2 Å². The molecule has 0 spiro atoms. The molecule has 0 aliphatic carbocycles. The van der Waals surface area contributed by atoms with Crippen molar-refractivity contribution in [1.29, 1.82) is 0 Å². The summed E-state index contributed by atoms with van der Waals surface area (Å²) in [5, 5.41) is -0.120. The summed E-state index contributed by atoms with van der Waals surface area (Å²) in [6, 6.07) is 6.76. The van der Waals surface area contributed by atoms with Crippen LogP contribution in [-0.4, -0.2) is 25.6 Å². The van der Waals surface area contributed by atoms with Gasteiger partial charge in [0.2, 0.25) is 5.90 Å². The van der Waals surface area contributed by atoms with Crippen LogP contribution in [0.4, 0.5) is 8.78 Å². The minimum absolute atomic E-state index is 0.0138. The second-order valence-electron chi connectivity index (χ2n) is 5.84. The van der Waals surface area contributed by atoms with Crippen LogP contribution in [0.15, 0.2) is 41.0 Å². The highest BCUT2D eigenvalue weighted by molar-refractivity contribution is 6.34. The normalized spacial score (nSPS) is 14.8. The average Bonchev–Trinajstić information content (AvgIpc) is 3.03. The highest BCUT2D eigenvalue weighted by Crippen LogP contribution is 2.30. The van der Waals surface area contributed by atoms with Gasteiger partial charge < -0.3 is 14.2 Å². The smallest absolute Gasteiger partial charge is 0.363 e. The van der Waals surface area contributed by atoms with Crippen LogP contribution in [0.5, 0.6) is 11.5 Å². The van der Waals surface area contributed by atoms with E-state index in [0.29, 0.717) is 23.7 Å². The van der Waals surface area contributed by atoms with Gasteiger partial charge >= 0.3 is 5.97 Å². The van der Waals surface area contributed by atoms with Crippen molar-refractivity contribution >= 4 is 29.5 Å². The van der Waals surface area contributed by atoms with Gasteiger partial charge in [-0.15, -0.1) is 0 Å². The summed E-state index contributed by atoms with van der Waals surface area (Å²) in [4.78, 5) is 16.2. The molecular formula is C20H16ClF2NO4. The number of hydrogen-bond acceptors (Lipinski definition) is 5. The molecule has 2 aromatic carbocycles. The lowest BCUT2D eigenvalue weighted by atomic mass is 10.1. The van der Waals surface area contributed by atoms with Crippen LogP contribution in [0.25, 0.3) is 6.08 Å². The van der Waals surface area contributed by atoms with Gasteiger partial charge in [0.1, 0.15) is 0 Å². The predicted molar refractivity (Wildman–Crippen MR) is 101 cm³/mol. The highest BCUT2D eigenvalue weighted by atomic mass is 35.5. The third-order valence-corrected chi connectivity index (χ3v) is 4.13.